The summed E-state index contributed by atoms with van der Waals surface area (Å²) in [6, 6.07) is 10.9. The summed E-state index contributed by atoms with van der Waals surface area (Å²) >= 11 is 7.07. The van der Waals surface area contributed by atoms with E-state index in [0.717, 1.165) is 11.3 Å². The van der Waals surface area contributed by atoms with E-state index in [9.17, 15) is 4.79 Å². The summed E-state index contributed by atoms with van der Waals surface area (Å²) in [4.78, 5) is 16.4. The van der Waals surface area contributed by atoms with E-state index >= 15 is 0 Å². The molecule has 2 aromatic heterocycles. The van der Waals surface area contributed by atoms with Gasteiger partial charge in [-0.05, 0) is 47.2 Å². The number of pyridine rings is 1. The number of tetrazole rings is 1. The lowest BCUT2D eigenvalue weighted by atomic mass is 10.2. The maximum Gasteiger partial charge on any atom is 0.238 e. The van der Waals surface area contributed by atoms with Crippen LogP contribution in [0.3, 0.4) is 0 Å². The first kappa shape index (κ1) is 19.1. The van der Waals surface area contributed by atoms with Crippen molar-refractivity contribution >= 4 is 35.1 Å². The maximum atomic E-state index is 12.4. The molecule has 0 aliphatic carbocycles. The number of carbonyl (C=O) groups excluding carboxylic acids is 1. The molecule has 0 bridgehead atoms. The number of anilines is 1. The maximum absolute atomic E-state index is 12.4. The molecule has 1 aromatic carbocycles. The fraction of sp³-hybridized carbons (Fsp3) is 0.235. The summed E-state index contributed by atoms with van der Waals surface area (Å²) in [5.41, 5.74) is 1.02. The van der Waals surface area contributed by atoms with Gasteiger partial charge in [0.2, 0.25) is 11.1 Å². The van der Waals surface area contributed by atoms with Crippen LogP contribution in [0.5, 0.6) is 5.75 Å². The van der Waals surface area contributed by atoms with E-state index in [1.165, 1.54) is 18.0 Å². The van der Waals surface area contributed by atoms with E-state index in [-0.39, 0.29) is 5.91 Å². The molecule has 0 aliphatic rings. The average molecular weight is 405 g/mol. The summed E-state index contributed by atoms with van der Waals surface area (Å²) in [6.07, 6.45) is 1.48. The van der Waals surface area contributed by atoms with Gasteiger partial charge in [0.15, 0.2) is 0 Å². The van der Waals surface area contributed by atoms with E-state index in [1.54, 1.807) is 30.8 Å². The lowest BCUT2D eigenvalue weighted by Gasteiger charge is -2.11. The van der Waals surface area contributed by atoms with E-state index in [1.807, 2.05) is 24.3 Å². The van der Waals surface area contributed by atoms with Crippen LogP contribution in [0.1, 0.15) is 12.5 Å². The molecular formula is C17H17ClN6O2S. The zero-order valence-electron chi connectivity index (χ0n) is 14.7. The third kappa shape index (κ3) is 5.18. The molecular weight excluding hydrogens is 388 g/mol. The number of hydrogen-bond donors (Lipinski definition) is 1. The van der Waals surface area contributed by atoms with Crippen LogP contribution in [0.25, 0.3) is 0 Å². The summed E-state index contributed by atoms with van der Waals surface area (Å²) in [5, 5.41) is 15.1. The topological polar surface area (TPSA) is 94.8 Å². The predicted molar refractivity (Wildman–Crippen MR) is 103 cm³/mol. The second-order valence-corrected chi connectivity index (χ2v) is 7.32. The van der Waals surface area contributed by atoms with Gasteiger partial charge in [-0.25, -0.2) is 9.67 Å². The quantitative estimate of drug-likeness (QED) is 0.605. The minimum atomic E-state index is -0.414. The van der Waals surface area contributed by atoms with Gasteiger partial charge in [0.1, 0.15) is 11.6 Å². The molecule has 2 heterocycles. The number of amides is 1. The Morgan fingerprint density at radius 3 is 2.74 bits per heavy atom. The molecule has 3 aromatic rings. The molecule has 10 heteroatoms. The summed E-state index contributed by atoms with van der Waals surface area (Å²) < 4.78 is 6.80. The number of aromatic nitrogens is 5. The van der Waals surface area contributed by atoms with Gasteiger partial charge in [-0.1, -0.05) is 35.5 Å². The van der Waals surface area contributed by atoms with Gasteiger partial charge in [-0.2, -0.15) is 0 Å². The highest BCUT2D eigenvalue weighted by atomic mass is 35.5. The number of nitrogens with zero attached hydrogens (tertiary/aromatic N) is 5. The van der Waals surface area contributed by atoms with Gasteiger partial charge in [0, 0.05) is 6.20 Å². The number of rotatable bonds is 7. The predicted octanol–water partition coefficient (Wildman–Crippen LogP) is 2.90. The van der Waals surface area contributed by atoms with Crippen molar-refractivity contribution in [1.29, 1.82) is 0 Å². The van der Waals surface area contributed by atoms with Crippen molar-refractivity contribution in [3.05, 3.63) is 53.2 Å². The van der Waals surface area contributed by atoms with Gasteiger partial charge in [-0.15, -0.1) is 5.10 Å². The first-order valence-electron chi connectivity index (χ1n) is 8.03. The number of ether oxygens (including phenoxy) is 1. The van der Waals surface area contributed by atoms with E-state index in [2.05, 4.69) is 25.8 Å². The molecule has 0 spiro atoms. The number of carbonyl (C=O) groups is 1. The van der Waals surface area contributed by atoms with Crippen LogP contribution in [0.2, 0.25) is 5.02 Å². The fourth-order valence-corrected chi connectivity index (χ4v) is 3.07. The summed E-state index contributed by atoms with van der Waals surface area (Å²) in [7, 11) is 1.62. The number of nitrogens with one attached hydrogen (secondary N) is 1. The minimum Gasteiger partial charge on any atom is -0.497 e. The Kier molecular flexibility index (Phi) is 6.25. The van der Waals surface area contributed by atoms with Crippen molar-refractivity contribution in [2.45, 2.75) is 23.9 Å². The SMILES string of the molecule is COc1ccc(Cn2nnnc2SC(C)C(=O)Nc2ccc(Cl)cn2)cc1. The third-order valence-corrected chi connectivity index (χ3v) is 4.91. The first-order chi connectivity index (χ1) is 13.0. The highest BCUT2D eigenvalue weighted by Crippen LogP contribution is 2.22. The lowest BCUT2D eigenvalue weighted by Crippen LogP contribution is -2.23. The standard InChI is InChI=1S/C17H17ClN6O2S/c1-11(16(25)20-15-8-5-13(18)9-19-15)27-17-21-22-23-24(17)10-12-3-6-14(26-2)7-4-12/h3-9,11H,10H2,1-2H3,(H,19,20,25). The molecule has 1 atom stereocenters. The number of halogens is 1. The van der Waals surface area contributed by atoms with Crippen molar-refractivity contribution in [2.24, 2.45) is 0 Å². The average Bonchev–Trinajstić information content (AvgIpc) is 3.10. The molecule has 0 fully saturated rings. The zero-order chi connectivity index (χ0) is 19.2. The number of hydrogen-bond acceptors (Lipinski definition) is 7. The second-order valence-electron chi connectivity index (χ2n) is 5.58. The molecule has 0 aliphatic heterocycles. The third-order valence-electron chi connectivity index (χ3n) is 3.62. The van der Waals surface area contributed by atoms with Crippen molar-refractivity contribution in [2.75, 3.05) is 12.4 Å². The van der Waals surface area contributed by atoms with Gasteiger partial charge >= 0.3 is 0 Å². The Hall–Kier alpha value is -2.65. The van der Waals surface area contributed by atoms with Crippen LogP contribution < -0.4 is 10.1 Å². The van der Waals surface area contributed by atoms with Gasteiger partial charge in [-0.3, -0.25) is 4.79 Å². The van der Waals surface area contributed by atoms with Crippen LogP contribution >= 0.6 is 23.4 Å². The first-order valence-corrected chi connectivity index (χ1v) is 9.29. The lowest BCUT2D eigenvalue weighted by molar-refractivity contribution is -0.115. The molecule has 8 nitrogen and oxygen atoms in total. The summed E-state index contributed by atoms with van der Waals surface area (Å²) in [6.45, 7) is 2.27. The minimum absolute atomic E-state index is 0.200. The fourth-order valence-electron chi connectivity index (χ4n) is 2.17. The van der Waals surface area contributed by atoms with E-state index in [0.29, 0.717) is 22.5 Å². The molecule has 1 N–H and O–H groups in total. The number of benzene rings is 1. The molecule has 0 radical (unpaired) electrons. The summed E-state index contributed by atoms with van der Waals surface area (Å²) in [5.74, 6) is 1.02. The van der Waals surface area contributed by atoms with Crippen molar-refractivity contribution in [1.82, 2.24) is 25.2 Å². The highest BCUT2D eigenvalue weighted by molar-refractivity contribution is 8.00. The molecule has 1 amide bonds. The second kappa shape index (κ2) is 8.83. The Bertz CT molecular complexity index is 901. The number of thioether (sulfide) groups is 1. The van der Waals surface area contributed by atoms with Crippen LogP contribution in [-0.4, -0.2) is 43.5 Å². The Morgan fingerprint density at radius 1 is 1.30 bits per heavy atom. The molecule has 0 saturated carbocycles. The van der Waals surface area contributed by atoms with Crippen LogP contribution in [0.4, 0.5) is 5.82 Å². The highest BCUT2D eigenvalue weighted by Gasteiger charge is 2.19. The van der Waals surface area contributed by atoms with E-state index in [4.69, 9.17) is 16.3 Å². The molecule has 0 saturated heterocycles. The van der Waals surface area contributed by atoms with Crippen LogP contribution in [0, 0.1) is 0 Å². The molecule has 27 heavy (non-hydrogen) atoms. The smallest absolute Gasteiger partial charge is 0.238 e. The molecule has 140 valence electrons. The van der Waals surface area contributed by atoms with Crippen LogP contribution in [-0.2, 0) is 11.3 Å². The largest absolute Gasteiger partial charge is 0.497 e. The van der Waals surface area contributed by atoms with Crippen molar-refractivity contribution < 1.29 is 9.53 Å². The van der Waals surface area contributed by atoms with Crippen molar-refractivity contribution in [3.63, 3.8) is 0 Å². The van der Waals surface area contributed by atoms with E-state index < -0.39 is 5.25 Å². The molecule has 1 unspecified atom stereocenters. The van der Waals surface area contributed by atoms with Crippen molar-refractivity contribution in [3.8, 4) is 5.75 Å². The van der Waals surface area contributed by atoms with Crippen LogP contribution in [0.15, 0.2) is 47.8 Å². The van der Waals surface area contributed by atoms with Gasteiger partial charge in [0.05, 0.1) is 23.9 Å². The zero-order valence-corrected chi connectivity index (χ0v) is 16.2. The number of methoxy groups -OCH3 is 1. The van der Waals surface area contributed by atoms with Gasteiger partial charge in [0.25, 0.3) is 0 Å². The van der Waals surface area contributed by atoms with Gasteiger partial charge < -0.3 is 10.1 Å². The normalized spacial score (nSPS) is 11.8. The molecule has 3 rings (SSSR count). The Morgan fingerprint density at radius 2 is 2.07 bits per heavy atom. The monoisotopic (exact) mass is 404 g/mol. The Balaban J connectivity index is 1.62. The Labute approximate surface area is 165 Å².